The smallest absolute Gasteiger partial charge is 0.476 e. The Kier molecular flexibility index (Phi) is 5.62. The van der Waals surface area contributed by atoms with Gasteiger partial charge in [0.15, 0.2) is 11.9 Å². The molecule has 0 bridgehead atoms. The third-order valence-electron chi connectivity index (χ3n) is 4.95. The number of nitrogens with zero attached hydrogens (tertiary/aromatic N) is 2. The number of aliphatic carboxylic acids is 1. The molecule has 2 heterocycles. The standard InChI is InChI=1S/C20H22N2O9/c1-10(30-19(26)29-9-11-5-7-12(8-6-11)22(27)28)13-16(23)21-14(18(24)25)15(20(2,3)4)31-17(13)21/h5-8,10,13,17H,9H2,1-4H3,(H,24,25). The molecule has 1 amide bonds. The molecule has 0 saturated carbocycles. The molecule has 0 spiro atoms. The van der Waals surface area contributed by atoms with Crippen LogP contribution < -0.4 is 0 Å². The van der Waals surface area contributed by atoms with Crippen LogP contribution in [0.2, 0.25) is 0 Å². The van der Waals surface area contributed by atoms with Gasteiger partial charge in [0.2, 0.25) is 5.91 Å². The lowest BCUT2D eigenvalue weighted by atomic mass is 9.89. The first-order valence-corrected chi connectivity index (χ1v) is 9.46. The highest BCUT2D eigenvalue weighted by Crippen LogP contribution is 2.47. The number of amides is 1. The number of β-lactam (4-membered cyclic amide) rings is 1. The summed E-state index contributed by atoms with van der Waals surface area (Å²) in [5, 5.41) is 20.2. The van der Waals surface area contributed by atoms with Gasteiger partial charge < -0.3 is 19.3 Å². The lowest BCUT2D eigenvalue weighted by molar-refractivity contribution is -0.384. The van der Waals surface area contributed by atoms with Crippen molar-refractivity contribution in [2.75, 3.05) is 0 Å². The number of hydrogen-bond acceptors (Lipinski definition) is 8. The fourth-order valence-corrected chi connectivity index (χ4v) is 3.42. The molecule has 1 aromatic rings. The average molecular weight is 434 g/mol. The predicted molar refractivity (Wildman–Crippen MR) is 103 cm³/mol. The third kappa shape index (κ3) is 4.16. The molecule has 3 unspecified atom stereocenters. The number of hydrogen-bond donors (Lipinski definition) is 1. The van der Waals surface area contributed by atoms with E-state index >= 15 is 0 Å². The van der Waals surface area contributed by atoms with Gasteiger partial charge in [-0.2, -0.15) is 0 Å². The number of allylic oxidation sites excluding steroid dienone is 1. The van der Waals surface area contributed by atoms with Crippen LogP contribution in [0.4, 0.5) is 10.5 Å². The number of fused-ring (bicyclic) bond motifs is 1. The second-order valence-electron chi connectivity index (χ2n) is 8.26. The molecule has 2 aliphatic heterocycles. The Morgan fingerprint density at radius 1 is 1.29 bits per heavy atom. The van der Waals surface area contributed by atoms with Gasteiger partial charge in [-0.25, -0.2) is 9.59 Å². The van der Waals surface area contributed by atoms with E-state index in [1.807, 2.05) is 0 Å². The molecule has 0 aliphatic carbocycles. The average Bonchev–Trinajstić information content (AvgIpc) is 3.02. The SMILES string of the molecule is CC(OC(=O)OCc1ccc([N+](=O)[O-])cc1)C1C(=O)N2C(C(=O)O)=C(C(C)(C)C)OC12. The van der Waals surface area contributed by atoms with Gasteiger partial charge in [-0.3, -0.25) is 19.8 Å². The summed E-state index contributed by atoms with van der Waals surface area (Å²) < 4.78 is 15.9. The minimum atomic E-state index is -1.27. The molecule has 11 nitrogen and oxygen atoms in total. The number of carboxylic acid groups (broad SMARTS) is 1. The normalized spacial score (nSPS) is 21.0. The van der Waals surface area contributed by atoms with Crippen molar-refractivity contribution in [2.45, 2.75) is 46.6 Å². The van der Waals surface area contributed by atoms with Gasteiger partial charge in [-0.15, -0.1) is 0 Å². The second kappa shape index (κ2) is 7.89. The molecular weight excluding hydrogens is 412 g/mol. The number of rotatable bonds is 6. The summed E-state index contributed by atoms with van der Waals surface area (Å²) in [6, 6.07) is 5.46. The number of benzene rings is 1. The molecule has 0 aromatic heterocycles. The molecule has 2 aliphatic rings. The summed E-state index contributed by atoms with van der Waals surface area (Å²) in [5.74, 6) is -2.47. The molecule has 1 saturated heterocycles. The van der Waals surface area contributed by atoms with Crippen molar-refractivity contribution in [3.05, 3.63) is 51.4 Å². The number of carbonyl (C=O) groups is 3. The van der Waals surface area contributed by atoms with Gasteiger partial charge in [0.25, 0.3) is 5.69 Å². The summed E-state index contributed by atoms with van der Waals surface area (Å²) in [6.07, 6.45) is -2.82. The van der Waals surface area contributed by atoms with Crippen LogP contribution in [-0.4, -0.2) is 45.3 Å². The molecule has 1 aromatic carbocycles. The summed E-state index contributed by atoms with van der Waals surface area (Å²) in [4.78, 5) is 47.4. The van der Waals surface area contributed by atoms with E-state index in [1.165, 1.54) is 31.2 Å². The summed E-state index contributed by atoms with van der Waals surface area (Å²) >= 11 is 0. The molecule has 3 atom stereocenters. The fraction of sp³-hybridized carbons (Fsp3) is 0.450. The van der Waals surface area contributed by atoms with Crippen LogP contribution in [0.1, 0.15) is 33.3 Å². The highest BCUT2D eigenvalue weighted by Gasteiger charge is 2.61. The molecule has 11 heteroatoms. The van der Waals surface area contributed by atoms with E-state index in [-0.39, 0.29) is 23.8 Å². The van der Waals surface area contributed by atoms with Gasteiger partial charge in [-0.1, -0.05) is 20.8 Å². The largest absolute Gasteiger partial charge is 0.508 e. The van der Waals surface area contributed by atoms with E-state index in [0.29, 0.717) is 5.56 Å². The Morgan fingerprint density at radius 3 is 2.42 bits per heavy atom. The lowest BCUT2D eigenvalue weighted by Crippen LogP contribution is -2.63. The van der Waals surface area contributed by atoms with E-state index in [1.54, 1.807) is 20.8 Å². The molecule has 3 rings (SSSR count). The van der Waals surface area contributed by atoms with E-state index in [4.69, 9.17) is 14.2 Å². The number of nitro benzene ring substituents is 1. The Labute approximate surface area is 177 Å². The monoisotopic (exact) mass is 434 g/mol. The van der Waals surface area contributed by atoms with Crippen molar-refractivity contribution in [2.24, 2.45) is 11.3 Å². The van der Waals surface area contributed by atoms with Crippen LogP contribution in [-0.2, 0) is 30.4 Å². The number of carboxylic acids is 1. The first kappa shape index (κ1) is 22.1. The van der Waals surface area contributed by atoms with Crippen molar-refractivity contribution in [3.8, 4) is 0 Å². The Bertz CT molecular complexity index is 962. The summed E-state index contributed by atoms with van der Waals surface area (Å²) in [5.41, 5.74) is -0.408. The molecule has 31 heavy (non-hydrogen) atoms. The molecule has 1 fully saturated rings. The highest BCUT2D eigenvalue weighted by atomic mass is 16.7. The number of carbonyl (C=O) groups excluding carboxylic acids is 2. The van der Waals surface area contributed by atoms with Gasteiger partial charge >= 0.3 is 12.1 Å². The minimum absolute atomic E-state index is 0.0893. The Hall–Kier alpha value is -3.63. The van der Waals surface area contributed by atoms with Crippen LogP contribution >= 0.6 is 0 Å². The fourth-order valence-electron chi connectivity index (χ4n) is 3.42. The van der Waals surface area contributed by atoms with E-state index in [9.17, 15) is 29.6 Å². The van der Waals surface area contributed by atoms with Crippen molar-refractivity contribution < 1.29 is 38.6 Å². The van der Waals surface area contributed by atoms with Crippen LogP contribution in [0.5, 0.6) is 0 Å². The topological polar surface area (TPSA) is 146 Å². The maximum Gasteiger partial charge on any atom is 0.508 e. The first-order chi connectivity index (χ1) is 14.4. The lowest BCUT2D eigenvalue weighted by Gasteiger charge is -2.43. The van der Waals surface area contributed by atoms with Crippen LogP contribution in [0.3, 0.4) is 0 Å². The number of non-ortho nitro benzene ring substituents is 1. The molecule has 1 N–H and O–H groups in total. The highest BCUT2D eigenvalue weighted by molar-refractivity contribution is 5.99. The molecule has 166 valence electrons. The van der Waals surface area contributed by atoms with Gasteiger partial charge in [0.05, 0.1) is 4.92 Å². The van der Waals surface area contributed by atoms with Crippen molar-refractivity contribution in [3.63, 3.8) is 0 Å². The van der Waals surface area contributed by atoms with E-state index < -0.39 is 46.6 Å². The molecule has 0 radical (unpaired) electrons. The maximum absolute atomic E-state index is 12.6. The van der Waals surface area contributed by atoms with Crippen LogP contribution in [0.15, 0.2) is 35.7 Å². The quantitative estimate of drug-likeness (QED) is 0.309. The van der Waals surface area contributed by atoms with Crippen LogP contribution in [0, 0.1) is 21.4 Å². The third-order valence-corrected chi connectivity index (χ3v) is 4.95. The Balaban J connectivity index is 1.59. The van der Waals surface area contributed by atoms with Crippen LogP contribution in [0.25, 0.3) is 0 Å². The zero-order chi connectivity index (χ0) is 23.1. The van der Waals surface area contributed by atoms with Crippen molar-refractivity contribution in [1.29, 1.82) is 0 Å². The molecular formula is C20H22N2O9. The summed E-state index contributed by atoms with van der Waals surface area (Å²) in [7, 11) is 0. The zero-order valence-corrected chi connectivity index (χ0v) is 17.4. The maximum atomic E-state index is 12.6. The van der Waals surface area contributed by atoms with Crippen molar-refractivity contribution >= 4 is 23.7 Å². The van der Waals surface area contributed by atoms with E-state index in [0.717, 1.165) is 4.90 Å². The first-order valence-electron chi connectivity index (χ1n) is 9.46. The summed E-state index contributed by atoms with van der Waals surface area (Å²) in [6.45, 7) is 6.63. The van der Waals surface area contributed by atoms with Gasteiger partial charge in [-0.05, 0) is 24.6 Å². The predicted octanol–water partition coefficient (Wildman–Crippen LogP) is 2.79. The second-order valence-corrected chi connectivity index (χ2v) is 8.26. The Morgan fingerprint density at radius 2 is 1.90 bits per heavy atom. The minimum Gasteiger partial charge on any atom is -0.476 e. The van der Waals surface area contributed by atoms with Gasteiger partial charge in [0, 0.05) is 17.5 Å². The van der Waals surface area contributed by atoms with Crippen molar-refractivity contribution in [1.82, 2.24) is 4.90 Å². The van der Waals surface area contributed by atoms with E-state index in [2.05, 4.69) is 0 Å². The zero-order valence-electron chi connectivity index (χ0n) is 17.4. The van der Waals surface area contributed by atoms with Gasteiger partial charge in [0.1, 0.15) is 24.4 Å². The number of ether oxygens (including phenoxy) is 3. The number of nitro groups is 1.